The van der Waals surface area contributed by atoms with Gasteiger partial charge in [-0.3, -0.25) is 0 Å². The summed E-state index contributed by atoms with van der Waals surface area (Å²) in [5.74, 6) is 0.567. The van der Waals surface area contributed by atoms with E-state index in [2.05, 4.69) is 4.98 Å². The van der Waals surface area contributed by atoms with Gasteiger partial charge >= 0.3 is 0 Å². The molecule has 108 valence electrons. The molecular formula is C16H15NO3S. The lowest BCUT2D eigenvalue weighted by Crippen LogP contribution is -2.03. The third-order valence-electron chi connectivity index (χ3n) is 3.40. The lowest BCUT2D eigenvalue weighted by atomic mass is 10.1. The Labute approximate surface area is 123 Å². The van der Waals surface area contributed by atoms with E-state index in [1.807, 2.05) is 31.2 Å². The molecule has 0 aliphatic rings. The Bertz CT molecular complexity index is 893. The molecule has 2 aromatic carbocycles. The minimum absolute atomic E-state index is 0.0706. The number of aromatic nitrogens is 1. The number of nitrogens with zero attached hydrogens (tertiary/aromatic N) is 1. The second-order valence-corrected chi connectivity index (χ2v) is 7.20. The minimum Gasteiger partial charge on any atom is -0.436 e. The molecule has 1 heterocycles. The van der Waals surface area contributed by atoms with E-state index in [1.165, 1.54) is 0 Å². The van der Waals surface area contributed by atoms with Gasteiger partial charge in [-0.05, 0) is 37.3 Å². The molecule has 4 nitrogen and oxygen atoms in total. The van der Waals surface area contributed by atoms with Crippen molar-refractivity contribution in [1.82, 2.24) is 4.98 Å². The summed E-state index contributed by atoms with van der Waals surface area (Å²) in [4.78, 5) is 4.67. The lowest BCUT2D eigenvalue weighted by molar-refractivity contribution is 0.597. The predicted octanol–water partition coefficient (Wildman–Crippen LogP) is 3.60. The van der Waals surface area contributed by atoms with Crippen LogP contribution in [0.3, 0.4) is 0 Å². The van der Waals surface area contributed by atoms with Crippen LogP contribution in [0.15, 0.2) is 51.8 Å². The van der Waals surface area contributed by atoms with Gasteiger partial charge in [0.2, 0.25) is 5.89 Å². The molecular weight excluding hydrogens is 286 g/mol. The van der Waals surface area contributed by atoms with Crippen molar-refractivity contribution in [3.8, 4) is 11.5 Å². The summed E-state index contributed by atoms with van der Waals surface area (Å²) >= 11 is 0. The van der Waals surface area contributed by atoms with Gasteiger partial charge in [-0.15, -0.1) is 0 Å². The van der Waals surface area contributed by atoms with E-state index in [9.17, 15) is 8.42 Å². The number of oxazole rings is 1. The van der Waals surface area contributed by atoms with Gasteiger partial charge in [-0.1, -0.05) is 24.6 Å². The summed E-state index contributed by atoms with van der Waals surface area (Å²) in [6, 6.07) is 12.6. The minimum atomic E-state index is -3.23. The van der Waals surface area contributed by atoms with Gasteiger partial charge in [0.15, 0.2) is 15.4 Å². The second kappa shape index (κ2) is 5.00. The summed E-state index contributed by atoms with van der Waals surface area (Å²) in [6.07, 6.45) is 0. The largest absolute Gasteiger partial charge is 0.436 e. The standard InChI is InChI=1S/C16H15NO3S/c1-3-21(18,19)13-8-9-15-14(10-13)17-16(20-15)12-6-4-11(2)5-7-12/h4-10H,3H2,1-2H3. The normalized spacial score (nSPS) is 11.9. The second-order valence-electron chi connectivity index (χ2n) is 4.92. The van der Waals surface area contributed by atoms with Gasteiger partial charge in [-0.25, -0.2) is 13.4 Å². The zero-order chi connectivity index (χ0) is 15.0. The van der Waals surface area contributed by atoms with E-state index in [1.54, 1.807) is 25.1 Å². The Balaban J connectivity index is 2.10. The molecule has 0 aliphatic heterocycles. The van der Waals surface area contributed by atoms with Gasteiger partial charge in [0.1, 0.15) is 5.52 Å². The molecule has 3 rings (SSSR count). The maximum Gasteiger partial charge on any atom is 0.227 e. The van der Waals surface area contributed by atoms with Crippen LogP contribution in [0.1, 0.15) is 12.5 Å². The fraction of sp³-hybridized carbons (Fsp3) is 0.188. The molecule has 0 amide bonds. The molecule has 0 bridgehead atoms. The van der Waals surface area contributed by atoms with Crippen molar-refractivity contribution in [2.45, 2.75) is 18.7 Å². The quantitative estimate of drug-likeness (QED) is 0.741. The molecule has 5 heteroatoms. The van der Waals surface area contributed by atoms with E-state index in [0.29, 0.717) is 17.0 Å². The molecule has 3 aromatic rings. The monoisotopic (exact) mass is 301 g/mol. The zero-order valence-electron chi connectivity index (χ0n) is 11.8. The van der Waals surface area contributed by atoms with Crippen LogP contribution in [0.4, 0.5) is 0 Å². The molecule has 21 heavy (non-hydrogen) atoms. The topological polar surface area (TPSA) is 60.2 Å². The van der Waals surface area contributed by atoms with Gasteiger partial charge in [0.25, 0.3) is 0 Å². The fourth-order valence-corrected chi connectivity index (χ4v) is 2.99. The Morgan fingerprint density at radius 1 is 1.10 bits per heavy atom. The molecule has 0 atom stereocenters. The molecule has 0 saturated heterocycles. The van der Waals surface area contributed by atoms with E-state index >= 15 is 0 Å². The SMILES string of the molecule is CCS(=O)(=O)c1ccc2oc(-c3ccc(C)cc3)nc2c1. The third kappa shape index (κ3) is 2.56. The first-order valence-corrected chi connectivity index (χ1v) is 8.35. The lowest BCUT2D eigenvalue weighted by Gasteiger charge is -1.99. The fourth-order valence-electron chi connectivity index (χ4n) is 2.09. The van der Waals surface area contributed by atoms with Crippen molar-refractivity contribution in [1.29, 1.82) is 0 Å². The predicted molar refractivity (Wildman–Crippen MR) is 81.9 cm³/mol. The van der Waals surface area contributed by atoms with Crippen LogP contribution in [0.2, 0.25) is 0 Å². The van der Waals surface area contributed by atoms with E-state index in [0.717, 1.165) is 11.1 Å². The van der Waals surface area contributed by atoms with Crippen LogP contribution in [0, 0.1) is 6.92 Å². The van der Waals surface area contributed by atoms with Crippen LogP contribution in [0.5, 0.6) is 0 Å². The van der Waals surface area contributed by atoms with Crippen LogP contribution < -0.4 is 0 Å². The first kappa shape index (κ1) is 13.8. The molecule has 0 N–H and O–H groups in total. The number of benzene rings is 2. The van der Waals surface area contributed by atoms with Crippen molar-refractivity contribution in [3.63, 3.8) is 0 Å². The van der Waals surface area contributed by atoms with Crippen molar-refractivity contribution in [2.24, 2.45) is 0 Å². The molecule has 0 aliphatic carbocycles. The molecule has 0 saturated carbocycles. The number of aryl methyl sites for hydroxylation is 1. The van der Waals surface area contributed by atoms with Crippen LogP contribution >= 0.6 is 0 Å². The number of hydrogen-bond acceptors (Lipinski definition) is 4. The third-order valence-corrected chi connectivity index (χ3v) is 5.13. The molecule has 0 unspecified atom stereocenters. The molecule has 0 spiro atoms. The summed E-state index contributed by atoms with van der Waals surface area (Å²) < 4.78 is 29.5. The number of hydrogen-bond donors (Lipinski definition) is 0. The van der Waals surface area contributed by atoms with E-state index in [4.69, 9.17) is 4.42 Å². The average molecular weight is 301 g/mol. The zero-order valence-corrected chi connectivity index (χ0v) is 12.6. The summed E-state index contributed by atoms with van der Waals surface area (Å²) in [6.45, 7) is 3.64. The van der Waals surface area contributed by atoms with Gasteiger partial charge in [-0.2, -0.15) is 0 Å². The van der Waals surface area contributed by atoms with E-state index in [-0.39, 0.29) is 10.6 Å². The Morgan fingerprint density at radius 3 is 2.48 bits per heavy atom. The van der Waals surface area contributed by atoms with Gasteiger partial charge in [0, 0.05) is 5.56 Å². The van der Waals surface area contributed by atoms with Gasteiger partial charge < -0.3 is 4.42 Å². The van der Waals surface area contributed by atoms with Crippen LogP contribution in [-0.4, -0.2) is 19.2 Å². The highest BCUT2D eigenvalue weighted by Gasteiger charge is 2.15. The smallest absolute Gasteiger partial charge is 0.227 e. The Kier molecular flexibility index (Phi) is 3.29. The number of rotatable bonds is 3. The molecule has 0 radical (unpaired) electrons. The summed E-state index contributed by atoms with van der Waals surface area (Å²) in [7, 11) is -3.23. The number of sulfone groups is 1. The van der Waals surface area contributed by atoms with Crippen LogP contribution in [-0.2, 0) is 9.84 Å². The maximum atomic E-state index is 11.9. The first-order chi connectivity index (χ1) is 9.99. The van der Waals surface area contributed by atoms with E-state index < -0.39 is 9.84 Å². The number of fused-ring (bicyclic) bond motifs is 1. The molecule has 1 aromatic heterocycles. The highest BCUT2D eigenvalue weighted by atomic mass is 32.2. The summed E-state index contributed by atoms with van der Waals surface area (Å²) in [5, 5.41) is 0. The summed E-state index contributed by atoms with van der Waals surface area (Å²) in [5.41, 5.74) is 3.17. The van der Waals surface area contributed by atoms with Crippen molar-refractivity contribution in [2.75, 3.05) is 5.75 Å². The highest BCUT2D eigenvalue weighted by Crippen LogP contribution is 2.26. The van der Waals surface area contributed by atoms with Crippen LogP contribution in [0.25, 0.3) is 22.6 Å². The first-order valence-electron chi connectivity index (χ1n) is 6.70. The highest BCUT2D eigenvalue weighted by molar-refractivity contribution is 7.91. The Morgan fingerprint density at radius 2 is 1.81 bits per heavy atom. The van der Waals surface area contributed by atoms with Crippen molar-refractivity contribution in [3.05, 3.63) is 48.0 Å². The van der Waals surface area contributed by atoms with Crippen molar-refractivity contribution < 1.29 is 12.8 Å². The average Bonchev–Trinajstić information content (AvgIpc) is 2.90. The Hall–Kier alpha value is -2.14. The van der Waals surface area contributed by atoms with Crippen molar-refractivity contribution >= 4 is 20.9 Å². The molecule has 0 fully saturated rings. The van der Waals surface area contributed by atoms with Gasteiger partial charge in [0.05, 0.1) is 10.6 Å². The maximum absolute atomic E-state index is 11.9.